The summed E-state index contributed by atoms with van der Waals surface area (Å²) >= 11 is 3.63. The molecular formula is C19H27BrN2. The lowest BCUT2D eigenvalue weighted by Gasteiger charge is -2.17. The van der Waals surface area contributed by atoms with Crippen LogP contribution in [0.15, 0.2) is 22.7 Å². The fourth-order valence-corrected chi connectivity index (χ4v) is 4.02. The third-order valence-electron chi connectivity index (χ3n) is 4.82. The number of nitrogens with one attached hydrogen (secondary N) is 1. The van der Waals surface area contributed by atoms with E-state index in [9.17, 15) is 0 Å². The van der Waals surface area contributed by atoms with Crippen LogP contribution in [0, 0.1) is 0 Å². The zero-order chi connectivity index (χ0) is 15.4. The maximum Gasteiger partial charge on any atom is 0.0486 e. The van der Waals surface area contributed by atoms with Gasteiger partial charge in [-0.1, -0.05) is 55.0 Å². The molecular weight excluding hydrogens is 336 g/mol. The van der Waals surface area contributed by atoms with Crippen LogP contribution >= 0.6 is 15.9 Å². The molecule has 0 fully saturated rings. The molecule has 2 aromatic rings. The highest BCUT2D eigenvalue weighted by Gasteiger charge is 2.19. The summed E-state index contributed by atoms with van der Waals surface area (Å²) in [4.78, 5) is 0. The lowest BCUT2D eigenvalue weighted by atomic mass is 10.1. The van der Waals surface area contributed by atoms with Crippen LogP contribution in [0.25, 0.3) is 10.9 Å². The van der Waals surface area contributed by atoms with E-state index in [1.165, 1.54) is 66.0 Å². The molecule has 0 spiro atoms. The number of hydrogen-bond acceptors (Lipinski definition) is 1. The molecule has 2 nitrogen and oxygen atoms in total. The van der Waals surface area contributed by atoms with E-state index in [1.807, 2.05) is 0 Å². The number of unbranched alkanes of at least 4 members (excludes halogenated alkanes) is 5. The fourth-order valence-electron chi connectivity index (χ4n) is 3.66. The molecule has 3 rings (SSSR count). The van der Waals surface area contributed by atoms with E-state index >= 15 is 0 Å². The first-order chi connectivity index (χ1) is 10.8. The zero-order valence-electron chi connectivity index (χ0n) is 13.6. The Morgan fingerprint density at radius 3 is 2.82 bits per heavy atom. The van der Waals surface area contributed by atoms with Crippen molar-refractivity contribution >= 4 is 26.8 Å². The molecule has 0 atom stereocenters. The van der Waals surface area contributed by atoms with Gasteiger partial charge in [0.25, 0.3) is 0 Å². The van der Waals surface area contributed by atoms with E-state index in [0.29, 0.717) is 0 Å². The van der Waals surface area contributed by atoms with Gasteiger partial charge in [0.15, 0.2) is 0 Å². The van der Waals surface area contributed by atoms with Gasteiger partial charge in [0.1, 0.15) is 0 Å². The molecule has 0 saturated heterocycles. The highest BCUT2D eigenvalue weighted by Crippen LogP contribution is 2.31. The smallest absolute Gasteiger partial charge is 0.0486 e. The maximum absolute atomic E-state index is 3.63. The second kappa shape index (κ2) is 7.65. The Balaban J connectivity index is 1.76. The average Bonchev–Trinajstić information content (AvgIpc) is 2.84. The molecule has 120 valence electrons. The number of benzene rings is 1. The van der Waals surface area contributed by atoms with Crippen LogP contribution in [-0.2, 0) is 19.5 Å². The number of halogens is 1. The number of aromatic nitrogens is 1. The predicted molar refractivity (Wildman–Crippen MR) is 98.4 cm³/mol. The molecule has 0 unspecified atom stereocenters. The van der Waals surface area contributed by atoms with E-state index in [1.54, 1.807) is 5.69 Å². The van der Waals surface area contributed by atoms with Crippen LogP contribution in [0.1, 0.15) is 56.7 Å². The van der Waals surface area contributed by atoms with Crippen LogP contribution in [0.5, 0.6) is 0 Å². The molecule has 0 radical (unpaired) electrons. The summed E-state index contributed by atoms with van der Waals surface area (Å²) < 4.78 is 3.78. The SMILES string of the molecule is CCCCCCCCn1c2c(c3cc(Br)ccc31)CNCC2. The van der Waals surface area contributed by atoms with Crippen molar-refractivity contribution in [3.8, 4) is 0 Å². The van der Waals surface area contributed by atoms with Gasteiger partial charge >= 0.3 is 0 Å². The Bertz CT molecular complexity index is 630. The van der Waals surface area contributed by atoms with Crippen LogP contribution in [0.2, 0.25) is 0 Å². The Morgan fingerprint density at radius 2 is 1.95 bits per heavy atom. The highest BCUT2D eigenvalue weighted by molar-refractivity contribution is 9.10. The molecule has 1 N–H and O–H groups in total. The minimum atomic E-state index is 1.02. The van der Waals surface area contributed by atoms with Gasteiger partial charge in [-0.3, -0.25) is 0 Å². The van der Waals surface area contributed by atoms with Gasteiger partial charge in [-0.25, -0.2) is 0 Å². The summed E-state index contributed by atoms with van der Waals surface area (Å²) in [6, 6.07) is 6.76. The van der Waals surface area contributed by atoms with Crippen LogP contribution in [0.4, 0.5) is 0 Å². The third kappa shape index (κ3) is 3.41. The van der Waals surface area contributed by atoms with Gasteiger partial charge in [-0.05, 0) is 30.2 Å². The first kappa shape index (κ1) is 16.1. The summed E-state index contributed by atoms with van der Waals surface area (Å²) in [6.45, 7) is 5.59. The van der Waals surface area contributed by atoms with Crippen LogP contribution < -0.4 is 5.32 Å². The second-order valence-electron chi connectivity index (χ2n) is 6.43. The second-order valence-corrected chi connectivity index (χ2v) is 7.35. The molecule has 0 saturated carbocycles. The first-order valence-corrected chi connectivity index (χ1v) is 9.60. The molecule has 1 aromatic carbocycles. The molecule has 3 heteroatoms. The standard InChI is InChI=1S/C19H27BrN2/c1-2-3-4-5-6-7-12-22-18-9-8-15(20)13-16(18)17-14-21-11-10-19(17)22/h8-9,13,21H,2-7,10-12,14H2,1H3. The van der Waals surface area contributed by atoms with Crippen molar-refractivity contribution in [2.75, 3.05) is 6.54 Å². The molecule has 22 heavy (non-hydrogen) atoms. The summed E-state index contributed by atoms with van der Waals surface area (Å²) in [7, 11) is 0. The van der Waals surface area contributed by atoms with Gasteiger partial charge in [-0.15, -0.1) is 0 Å². The normalized spacial score (nSPS) is 14.5. The van der Waals surface area contributed by atoms with Gasteiger partial charge in [-0.2, -0.15) is 0 Å². The molecule has 1 aliphatic rings. The minimum absolute atomic E-state index is 1.02. The van der Waals surface area contributed by atoms with Crippen molar-refractivity contribution in [3.05, 3.63) is 33.9 Å². The largest absolute Gasteiger partial charge is 0.344 e. The van der Waals surface area contributed by atoms with Crippen molar-refractivity contribution in [3.63, 3.8) is 0 Å². The number of fused-ring (bicyclic) bond motifs is 3. The monoisotopic (exact) mass is 362 g/mol. The molecule has 0 bridgehead atoms. The maximum atomic E-state index is 3.63. The van der Waals surface area contributed by atoms with Gasteiger partial charge < -0.3 is 9.88 Å². The lowest BCUT2D eigenvalue weighted by Crippen LogP contribution is -2.24. The third-order valence-corrected chi connectivity index (χ3v) is 5.32. The Kier molecular flexibility index (Phi) is 5.59. The molecule has 1 aromatic heterocycles. The molecule has 0 amide bonds. The summed E-state index contributed by atoms with van der Waals surface area (Å²) in [5.74, 6) is 0. The summed E-state index contributed by atoms with van der Waals surface area (Å²) in [5.41, 5.74) is 4.51. The van der Waals surface area contributed by atoms with E-state index in [2.05, 4.69) is 50.9 Å². The summed E-state index contributed by atoms with van der Waals surface area (Å²) in [5, 5.41) is 4.96. The van der Waals surface area contributed by atoms with Crippen molar-refractivity contribution in [1.29, 1.82) is 0 Å². The zero-order valence-corrected chi connectivity index (χ0v) is 15.2. The van der Waals surface area contributed by atoms with Gasteiger partial charge in [0.2, 0.25) is 0 Å². The minimum Gasteiger partial charge on any atom is -0.344 e. The average molecular weight is 363 g/mol. The van der Waals surface area contributed by atoms with Crippen molar-refractivity contribution in [2.24, 2.45) is 0 Å². The topological polar surface area (TPSA) is 17.0 Å². The van der Waals surface area contributed by atoms with E-state index in [4.69, 9.17) is 0 Å². The number of aryl methyl sites for hydroxylation is 1. The van der Waals surface area contributed by atoms with Gasteiger partial charge in [0.05, 0.1) is 0 Å². The Hall–Kier alpha value is -0.800. The fraction of sp³-hybridized carbons (Fsp3) is 0.579. The van der Waals surface area contributed by atoms with E-state index < -0.39 is 0 Å². The van der Waals surface area contributed by atoms with Crippen molar-refractivity contribution in [2.45, 2.75) is 65.0 Å². The quantitative estimate of drug-likeness (QED) is 0.651. The first-order valence-electron chi connectivity index (χ1n) is 8.81. The Morgan fingerprint density at radius 1 is 1.14 bits per heavy atom. The molecule has 0 aliphatic carbocycles. The summed E-state index contributed by atoms with van der Waals surface area (Å²) in [6.07, 6.45) is 9.35. The van der Waals surface area contributed by atoms with Gasteiger partial charge in [0, 0.05) is 47.1 Å². The van der Waals surface area contributed by atoms with E-state index in [0.717, 1.165) is 19.5 Å². The van der Waals surface area contributed by atoms with Crippen LogP contribution in [-0.4, -0.2) is 11.1 Å². The van der Waals surface area contributed by atoms with E-state index in [-0.39, 0.29) is 0 Å². The Labute approximate surface area is 142 Å². The van der Waals surface area contributed by atoms with Crippen molar-refractivity contribution in [1.82, 2.24) is 9.88 Å². The van der Waals surface area contributed by atoms with Crippen molar-refractivity contribution < 1.29 is 0 Å². The number of nitrogens with zero attached hydrogens (tertiary/aromatic N) is 1. The molecule has 2 heterocycles. The van der Waals surface area contributed by atoms with Crippen LogP contribution in [0.3, 0.4) is 0 Å². The predicted octanol–water partition coefficient (Wildman–Crippen LogP) is 5.41. The molecule has 1 aliphatic heterocycles. The number of rotatable bonds is 7. The lowest BCUT2D eigenvalue weighted by molar-refractivity contribution is 0.541. The highest BCUT2D eigenvalue weighted by atomic mass is 79.9. The number of hydrogen-bond donors (Lipinski definition) is 1.